The fourth-order valence-electron chi connectivity index (χ4n) is 2.24. The van der Waals surface area contributed by atoms with E-state index in [9.17, 15) is 0 Å². The van der Waals surface area contributed by atoms with Crippen molar-refractivity contribution in [2.24, 2.45) is 5.41 Å². The molecule has 0 atom stereocenters. The van der Waals surface area contributed by atoms with Gasteiger partial charge in [0, 0.05) is 44.5 Å². The van der Waals surface area contributed by atoms with Gasteiger partial charge in [0.2, 0.25) is 0 Å². The molecule has 0 aliphatic rings. The normalized spacial score (nSPS) is 11.7. The average molecular weight is 299 g/mol. The Morgan fingerprint density at radius 2 is 2.00 bits per heavy atom. The molecule has 0 radical (unpaired) electrons. The number of hydrogen-bond acceptors (Lipinski definition) is 3. The Hall–Kier alpha value is -0.770. The third-order valence-corrected chi connectivity index (χ3v) is 3.20. The van der Waals surface area contributed by atoms with Crippen LogP contribution in [-0.2, 0) is 11.3 Å². The summed E-state index contributed by atoms with van der Waals surface area (Å²) >= 11 is 6.15. The van der Waals surface area contributed by atoms with Gasteiger partial charge in [0.05, 0.1) is 6.61 Å². The molecule has 114 valence electrons. The van der Waals surface area contributed by atoms with Crippen LogP contribution in [0, 0.1) is 5.41 Å². The van der Waals surface area contributed by atoms with Gasteiger partial charge < -0.3 is 15.0 Å². The first-order valence-electron chi connectivity index (χ1n) is 7.03. The maximum Gasteiger partial charge on any atom is 0.0587 e. The lowest BCUT2D eigenvalue weighted by atomic mass is 9.95. The fraction of sp³-hybridized carbons (Fsp3) is 0.625. The second-order valence-corrected chi connectivity index (χ2v) is 6.80. The summed E-state index contributed by atoms with van der Waals surface area (Å²) in [5.74, 6) is 0. The molecule has 1 N–H and O–H groups in total. The molecule has 0 spiro atoms. The van der Waals surface area contributed by atoms with Crippen molar-refractivity contribution in [2.75, 3.05) is 38.8 Å². The molecule has 0 aliphatic heterocycles. The van der Waals surface area contributed by atoms with E-state index in [1.165, 1.54) is 11.3 Å². The molecule has 0 unspecified atom stereocenters. The number of ether oxygens (including phenoxy) is 1. The van der Waals surface area contributed by atoms with Gasteiger partial charge in [-0.3, -0.25) is 0 Å². The van der Waals surface area contributed by atoms with E-state index in [-0.39, 0.29) is 5.41 Å². The Morgan fingerprint density at radius 1 is 1.30 bits per heavy atom. The summed E-state index contributed by atoms with van der Waals surface area (Å²) in [5.41, 5.74) is 2.70. The zero-order valence-electron chi connectivity index (χ0n) is 13.3. The largest absolute Gasteiger partial charge is 0.383 e. The molecule has 20 heavy (non-hydrogen) atoms. The number of rotatable bonds is 7. The molecule has 1 aromatic carbocycles. The number of hydrogen-bond donors (Lipinski definition) is 1. The zero-order valence-corrected chi connectivity index (χ0v) is 14.0. The van der Waals surface area contributed by atoms with Crippen LogP contribution in [0.1, 0.15) is 26.3 Å². The van der Waals surface area contributed by atoms with E-state index in [2.05, 4.69) is 44.1 Å². The molecule has 0 heterocycles. The second kappa shape index (κ2) is 7.87. The van der Waals surface area contributed by atoms with Gasteiger partial charge in [-0.25, -0.2) is 0 Å². The molecule has 1 rings (SSSR count). The van der Waals surface area contributed by atoms with Crippen molar-refractivity contribution in [3.05, 3.63) is 28.8 Å². The van der Waals surface area contributed by atoms with Gasteiger partial charge in [0.25, 0.3) is 0 Å². The molecule has 3 nitrogen and oxygen atoms in total. The average Bonchev–Trinajstić information content (AvgIpc) is 2.34. The minimum absolute atomic E-state index is 0.248. The molecule has 0 fully saturated rings. The predicted octanol–water partition coefficient (Wildman–Crippen LogP) is 3.56. The van der Waals surface area contributed by atoms with Crippen LogP contribution in [0.15, 0.2) is 18.2 Å². The van der Waals surface area contributed by atoms with Crippen LogP contribution in [0.3, 0.4) is 0 Å². The van der Waals surface area contributed by atoms with Gasteiger partial charge in [0.15, 0.2) is 0 Å². The van der Waals surface area contributed by atoms with Crippen LogP contribution in [0.25, 0.3) is 0 Å². The van der Waals surface area contributed by atoms with Crippen LogP contribution < -0.4 is 10.2 Å². The predicted molar refractivity (Wildman–Crippen MR) is 87.8 cm³/mol. The van der Waals surface area contributed by atoms with Crippen LogP contribution in [0.4, 0.5) is 5.69 Å². The SMILES string of the molecule is COCCNCc1ccc(Cl)cc1N(C)CC(C)(C)C. The maximum atomic E-state index is 6.15. The standard InChI is InChI=1S/C16H27ClN2O/c1-16(2,3)12-19(4)15-10-14(17)7-6-13(15)11-18-8-9-20-5/h6-7,10,18H,8-9,11-12H2,1-5H3. The van der Waals surface area contributed by atoms with E-state index >= 15 is 0 Å². The highest BCUT2D eigenvalue weighted by Gasteiger charge is 2.16. The van der Waals surface area contributed by atoms with Crippen molar-refractivity contribution >= 4 is 17.3 Å². The lowest BCUT2D eigenvalue weighted by molar-refractivity contribution is 0.199. The summed E-state index contributed by atoms with van der Waals surface area (Å²) in [7, 11) is 3.84. The van der Waals surface area contributed by atoms with Crippen LogP contribution in [0.5, 0.6) is 0 Å². The summed E-state index contributed by atoms with van der Waals surface area (Å²) in [4.78, 5) is 2.28. The highest BCUT2D eigenvalue weighted by Crippen LogP contribution is 2.27. The highest BCUT2D eigenvalue weighted by atomic mass is 35.5. The Kier molecular flexibility index (Phi) is 6.80. The van der Waals surface area contributed by atoms with Crippen LogP contribution in [-0.4, -0.2) is 33.9 Å². The Bertz CT molecular complexity index is 415. The molecular formula is C16H27ClN2O. The van der Waals surface area contributed by atoms with E-state index in [0.717, 1.165) is 31.3 Å². The van der Waals surface area contributed by atoms with Gasteiger partial charge in [-0.2, -0.15) is 0 Å². The minimum atomic E-state index is 0.248. The first-order chi connectivity index (χ1) is 9.33. The molecular weight excluding hydrogens is 272 g/mol. The molecule has 0 saturated carbocycles. The smallest absolute Gasteiger partial charge is 0.0587 e. The fourth-order valence-corrected chi connectivity index (χ4v) is 2.40. The summed E-state index contributed by atoms with van der Waals surface area (Å²) < 4.78 is 5.05. The third-order valence-electron chi connectivity index (χ3n) is 2.97. The van der Waals surface area contributed by atoms with Crippen molar-refractivity contribution in [3.8, 4) is 0 Å². The van der Waals surface area contributed by atoms with E-state index < -0.39 is 0 Å². The van der Waals surface area contributed by atoms with E-state index in [4.69, 9.17) is 16.3 Å². The van der Waals surface area contributed by atoms with Gasteiger partial charge in [-0.15, -0.1) is 0 Å². The Balaban J connectivity index is 2.79. The van der Waals surface area contributed by atoms with E-state index in [1.54, 1.807) is 7.11 Å². The quantitative estimate of drug-likeness (QED) is 0.779. The Morgan fingerprint density at radius 3 is 2.60 bits per heavy atom. The highest BCUT2D eigenvalue weighted by molar-refractivity contribution is 6.30. The topological polar surface area (TPSA) is 24.5 Å². The number of anilines is 1. The molecule has 0 amide bonds. The maximum absolute atomic E-state index is 6.15. The zero-order chi connectivity index (χ0) is 15.2. The number of benzene rings is 1. The lowest BCUT2D eigenvalue weighted by Gasteiger charge is -2.30. The van der Waals surface area contributed by atoms with Crippen molar-refractivity contribution < 1.29 is 4.74 Å². The van der Waals surface area contributed by atoms with Crippen LogP contribution >= 0.6 is 11.6 Å². The summed E-state index contributed by atoms with van der Waals surface area (Å²) in [6.07, 6.45) is 0. The van der Waals surface area contributed by atoms with Crippen molar-refractivity contribution in [1.82, 2.24) is 5.32 Å². The Labute approximate surface area is 128 Å². The molecule has 0 aliphatic carbocycles. The summed E-state index contributed by atoms with van der Waals surface area (Å²) in [6.45, 7) is 10.1. The molecule has 0 bridgehead atoms. The van der Waals surface area contributed by atoms with Crippen molar-refractivity contribution in [2.45, 2.75) is 27.3 Å². The first kappa shape index (κ1) is 17.3. The summed E-state index contributed by atoms with van der Waals surface area (Å²) in [6, 6.07) is 6.08. The van der Waals surface area contributed by atoms with Crippen LogP contribution in [0.2, 0.25) is 5.02 Å². The monoisotopic (exact) mass is 298 g/mol. The molecule has 0 aromatic heterocycles. The first-order valence-corrected chi connectivity index (χ1v) is 7.40. The molecule has 4 heteroatoms. The number of nitrogens with zero attached hydrogens (tertiary/aromatic N) is 1. The van der Waals surface area contributed by atoms with Crippen molar-refractivity contribution in [3.63, 3.8) is 0 Å². The number of methoxy groups -OCH3 is 1. The minimum Gasteiger partial charge on any atom is -0.383 e. The second-order valence-electron chi connectivity index (χ2n) is 6.36. The van der Waals surface area contributed by atoms with Gasteiger partial charge in [-0.05, 0) is 23.1 Å². The van der Waals surface area contributed by atoms with E-state index in [1.807, 2.05) is 12.1 Å². The van der Waals surface area contributed by atoms with Crippen molar-refractivity contribution in [1.29, 1.82) is 0 Å². The molecule has 1 aromatic rings. The third kappa shape index (κ3) is 6.12. The van der Waals surface area contributed by atoms with Gasteiger partial charge in [0.1, 0.15) is 0 Å². The molecule has 0 saturated heterocycles. The lowest BCUT2D eigenvalue weighted by Crippen LogP contribution is -2.30. The van der Waals surface area contributed by atoms with Gasteiger partial charge >= 0.3 is 0 Å². The number of halogens is 1. The summed E-state index contributed by atoms with van der Waals surface area (Å²) in [5, 5.41) is 4.16. The van der Waals surface area contributed by atoms with Gasteiger partial charge in [-0.1, -0.05) is 38.4 Å². The number of nitrogens with one attached hydrogen (secondary N) is 1. The van der Waals surface area contributed by atoms with E-state index in [0.29, 0.717) is 0 Å².